The Morgan fingerprint density at radius 1 is 1.28 bits per heavy atom. The average Bonchev–Trinajstić information content (AvgIpc) is 2.89. The number of carbonyl (C=O) groups excluding carboxylic acids is 2. The Balaban J connectivity index is 1.75. The number of hydrogen-bond donors (Lipinski definition) is 0. The fourth-order valence-corrected chi connectivity index (χ4v) is 2.02. The summed E-state index contributed by atoms with van der Waals surface area (Å²) in [5.41, 5.74) is 0.797. The molecular weight excluding hydrogens is 234 g/mol. The van der Waals surface area contributed by atoms with Crippen molar-refractivity contribution in [3.05, 3.63) is 18.4 Å². The van der Waals surface area contributed by atoms with Gasteiger partial charge in [-0.1, -0.05) is 0 Å². The highest BCUT2D eigenvalue weighted by molar-refractivity contribution is 5.77. The van der Waals surface area contributed by atoms with Gasteiger partial charge in [-0.2, -0.15) is 0 Å². The maximum absolute atomic E-state index is 11.9. The van der Waals surface area contributed by atoms with E-state index in [0.29, 0.717) is 39.0 Å². The van der Waals surface area contributed by atoms with Gasteiger partial charge in [-0.15, -0.1) is 0 Å². The third-order valence-corrected chi connectivity index (χ3v) is 3.16. The first-order valence-electron chi connectivity index (χ1n) is 6.07. The first-order valence-corrected chi connectivity index (χ1v) is 6.07. The van der Waals surface area contributed by atoms with Gasteiger partial charge in [-0.25, -0.2) is 4.98 Å². The lowest BCUT2D eigenvalue weighted by Gasteiger charge is -2.34. The summed E-state index contributed by atoms with van der Waals surface area (Å²) < 4.78 is 4.85. The van der Waals surface area contributed by atoms with Gasteiger partial charge < -0.3 is 14.2 Å². The molecule has 0 radical (unpaired) electrons. The largest absolute Gasteiger partial charge is 0.451 e. The molecule has 0 spiro atoms. The van der Waals surface area contributed by atoms with Gasteiger partial charge >= 0.3 is 0 Å². The highest BCUT2D eigenvalue weighted by atomic mass is 16.3. The lowest BCUT2D eigenvalue weighted by atomic mass is 10.2. The second kappa shape index (κ2) is 5.66. The number of hydrogen-bond acceptors (Lipinski definition) is 4. The molecule has 1 aliphatic heterocycles. The summed E-state index contributed by atoms with van der Waals surface area (Å²) in [5.74, 6) is 0.186. The Morgan fingerprint density at radius 2 is 1.94 bits per heavy atom. The van der Waals surface area contributed by atoms with Crippen LogP contribution in [0.2, 0.25) is 0 Å². The number of nitrogens with zero attached hydrogens (tertiary/aromatic N) is 3. The minimum absolute atomic E-state index is 0.0738. The van der Waals surface area contributed by atoms with Crippen LogP contribution >= 0.6 is 0 Å². The van der Waals surface area contributed by atoms with E-state index >= 15 is 0 Å². The lowest BCUT2D eigenvalue weighted by molar-refractivity contribution is -0.138. The number of carbonyl (C=O) groups is 2. The second-order valence-corrected chi connectivity index (χ2v) is 4.37. The summed E-state index contributed by atoms with van der Waals surface area (Å²) >= 11 is 0. The molecule has 18 heavy (non-hydrogen) atoms. The van der Waals surface area contributed by atoms with Gasteiger partial charge in [-0.05, 0) is 0 Å². The number of aryl methyl sites for hydroxylation is 1. The predicted molar refractivity (Wildman–Crippen MR) is 63.7 cm³/mol. The zero-order valence-electron chi connectivity index (χ0n) is 10.5. The molecule has 0 saturated carbocycles. The molecule has 1 aliphatic rings. The first-order chi connectivity index (χ1) is 8.66. The smallest absolute Gasteiger partial charge is 0.223 e. The molecule has 0 unspecified atom stereocenters. The van der Waals surface area contributed by atoms with Gasteiger partial charge in [0.1, 0.15) is 6.26 Å². The SMILES string of the molecule is CC(=O)N1CCN(C(=O)CCc2cocn2)CC1. The predicted octanol–water partition coefficient (Wildman–Crippen LogP) is 0.298. The summed E-state index contributed by atoms with van der Waals surface area (Å²) in [4.78, 5) is 30.6. The maximum Gasteiger partial charge on any atom is 0.223 e. The Labute approximate surface area is 106 Å². The Hall–Kier alpha value is -1.85. The second-order valence-electron chi connectivity index (χ2n) is 4.37. The zero-order chi connectivity index (χ0) is 13.0. The molecule has 6 heteroatoms. The van der Waals surface area contributed by atoms with Crippen molar-refractivity contribution < 1.29 is 14.0 Å². The quantitative estimate of drug-likeness (QED) is 0.775. The van der Waals surface area contributed by atoms with Crippen molar-refractivity contribution in [1.29, 1.82) is 0 Å². The number of oxazole rings is 1. The fraction of sp³-hybridized carbons (Fsp3) is 0.583. The molecule has 0 bridgehead atoms. The topological polar surface area (TPSA) is 66.7 Å². The Kier molecular flexibility index (Phi) is 3.96. The summed E-state index contributed by atoms with van der Waals surface area (Å²) in [6.45, 7) is 4.06. The van der Waals surface area contributed by atoms with E-state index in [1.165, 1.54) is 6.39 Å². The molecule has 2 amide bonds. The van der Waals surface area contributed by atoms with E-state index in [-0.39, 0.29) is 11.8 Å². The summed E-state index contributed by atoms with van der Waals surface area (Å²) in [7, 11) is 0. The van der Waals surface area contributed by atoms with E-state index in [4.69, 9.17) is 4.42 Å². The van der Waals surface area contributed by atoms with Crippen molar-refractivity contribution in [3.8, 4) is 0 Å². The van der Waals surface area contributed by atoms with Crippen LogP contribution in [0.1, 0.15) is 19.0 Å². The molecule has 1 aromatic rings. The zero-order valence-corrected chi connectivity index (χ0v) is 10.5. The van der Waals surface area contributed by atoms with Crippen molar-refractivity contribution in [3.63, 3.8) is 0 Å². The van der Waals surface area contributed by atoms with Crippen molar-refractivity contribution >= 4 is 11.8 Å². The molecule has 1 saturated heterocycles. The van der Waals surface area contributed by atoms with Crippen molar-refractivity contribution in [2.24, 2.45) is 0 Å². The van der Waals surface area contributed by atoms with Crippen LogP contribution in [0.5, 0.6) is 0 Å². The van der Waals surface area contributed by atoms with Gasteiger partial charge in [-0.3, -0.25) is 9.59 Å². The Bertz CT molecular complexity index is 408. The van der Waals surface area contributed by atoms with Crippen LogP contribution in [0, 0.1) is 0 Å². The number of piperazine rings is 1. The van der Waals surface area contributed by atoms with Crippen LogP contribution in [0.15, 0.2) is 17.1 Å². The highest BCUT2D eigenvalue weighted by Crippen LogP contribution is 2.06. The molecule has 6 nitrogen and oxygen atoms in total. The van der Waals surface area contributed by atoms with Crippen LogP contribution in [-0.2, 0) is 16.0 Å². The van der Waals surface area contributed by atoms with Crippen LogP contribution in [-0.4, -0.2) is 52.8 Å². The van der Waals surface area contributed by atoms with E-state index in [2.05, 4.69) is 4.98 Å². The van der Waals surface area contributed by atoms with Crippen molar-refractivity contribution in [2.75, 3.05) is 26.2 Å². The summed E-state index contributed by atoms with van der Waals surface area (Å²) in [6, 6.07) is 0. The summed E-state index contributed by atoms with van der Waals surface area (Å²) in [6.07, 6.45) is 3.96. The first kappa shape index (κ1) is 12.6. The number of amides is 2. The maximum atomic E-state index is 11.9. The van der Waals surface area contributed by atoms with Crippen molar-refractivity contribution in [2.45, 2.75) is 19.8 Å². The number of rotatable bonds is 3. The van der Waals surface area contributed by atoms with Crippen LogP contribution in [0.3, 0.4) is 0 Å². The third-order valence-electron chi connectivity index (χ3n) is 3.16. The van der Waals surface area contributed by atoms with E-state index in [0.717, 1.165) is 5.69 Å². The van der Waals surface area contributed by atoms with E-state index in [1.54, 1.807) is 23.0 Å². The van der Waals surface area contributed by atoms with E-state index in [9.17, 15) is 9.59 Å². The highest BCUT2D eigenvalue weighted by Gasteiger charge is 2.21. The molecule has 0 aromatic carbocycles. The van der Waals surface area contributed by atoms with Crippen LogP contribution < -0.4 is 0 Å². The van der Waals surface area contributed by atoms with Gasteiger partial charge in [0.25, 0.3) is 0 Å². The Morgan fingerprint density at radius 3 is 2.50 bits per heavy atom. The van der Waals surface area contributed by atoms with Crippen LogP contribution in [0.4, 0.5) is 0 Å². The third kappa shape index (κ3) is 3.09. The van der Waals surface area contributed by atoms with Gasteiger partial charge in [0.2, 0.25) is 11.8 Å². The molecule has 1 fully saturated rings. The van der Waals surface area contributed by atoms with Gasteiger partial charge in [0.05, 0.1) is 5.69 Å². The molecule has 0 atom stereocenters. The molecule has 2 rings (SSSR count). The average molecular weight is 251 g/mol. The number of aromatic nitrogens is 1. The lowest BCUT2D eigenvalue weighted by Crippen LogP contribution is -2.50. The van der Waals surface area contributed by atoms with E-state index in [1.807, 2.05) is 0 Å². The van der Waals surface area contributed by atoms with Crippen molar-refractivity contribution in [1.82, 2.24) is 14.8 Å². The fourth-order valence-electron chi connectivity index (χ4n) is 2.02. The van der Waals surface area contributed by atoms with Gasteiger partial charge in [0.15, 0.2) is 6.39 Å². The molecule has 98 valence electrons. The summed E-state index contributed by atoms with van der Waals surface area (Å²) in [5, 5.41) is 0. The van der Waals surface area contributed by atoms with Gasteiger partial charge in [0, 0.05) is 45.9 Å². The standard InChI is InChI=1S/C12H17N3O3/c1-10(16)14-4-6-15(7-5-14)12(17)3-2-11-8-18-9-13-11/h8-9H,2-7H2,1H3. The van der Waals surface area contributed by atoms with E-state index < -0.39 is 0 Å². The van der Waals surface area contributed by atoms with Crippen LogP contribution in [0.25, 0.3) is 0 Å². The minimum atomic E-state index is 0.0738. The molecule has 0 N–H and O–H groups in total. The molecule has 2 heterocycles. The normalized spacial score (nSPS) is 15.8. The molecule has 0 aliphatic carbocycles. The molecule has 1 aromatic heterocycles. The minimum Gasteiger partial charge on any atom is -0.451 e. The monoisotopic (exact) mass is 251 g/mol. The molecular formula is C12H17N3O3.